The third-order valence-corrected chi connectivity index (χ3v) is 2.71. The molecular formula is C15H22N2O4. The quantitative estimate of drug-likeness (QED) is 0.675. The zero-order valence-corrected chi connectivity index (χ0v) is 12.3. The van der Waals surface area contributed by atoms with Gasteiger partial charge in [-0.1, -0.05) is 13.3 Å². The zero-order valence-electron chi connectivity index (χ0n) is 12.3. The summed E-state index contributed by atoms with van der Waals surface area (Å²) in [4.78, 5) is 21.4. The van der Waals surface area contributed by atoms with Gasteiger partial charge in [-0.2, -0.15) is 0 Å². The molecular weight excluding hydrogens is 272 g/mol. The van der Waals surface area contributed by atoms with Crippen molar-refractivity contribution in [3.63, 3.8) is 0 Å². The lowest BCUT2D eigenvalue weighted by molar-refractivity contribution is -0.119. The number of hydrogen-bond donors (Lipinski definition) is 2. The molecule has 1 aromatic rings. The van der Waals surface area contributed by atoms with E-state index in [2.05, 4.69) is 6.92 Å². The normalized spacial score (nSPS) is 10.1. The van der Waals surface area contributed by atoms with Crippen LogP contribution in [0.1, 0.15) is 31.7 Å². The highest BCUT2D eigenvalue weighted by atomic mass is 16.5. The van der Waals surface area contributed by atoms with E-state index in [0.717, 1.165) is 18.4 Å². The molecule has 1 aromatic carbocycles. The first kappa shape index (κ1) is 16.8. The molecule has 0 aliphatic carbocycles. The second-order valence-electron chi connectivity index (χ2n) is 4.69. The molecule has 0 bridgehead atoms. The van der Waals surface area contributed by atoms with E-state index >= 15 is 0 Å². The van der Waals surface area contributed by atoms with E-state index in [1.807, 2.05) is 12.1 Å². The fourth-order valence-electron chi connectivity index (χ4n) is 1.77. The van der Waals surface area contributed by atoms with Gasteiger partial charge in [-0.05, 0) is 24.1 Å². The van der Waals surface area contributed by atoms with E-state index in [0.29, 0.717) is 11.5 Å². The molecule has 0 spiro atoms. The molecule has 0 atom stereocenters. The van der Waals surface area contributed by atoms with Crippen LogP contribution in [0.4, 0.5) is 0 Å². The molecule has 0 aliphatic rings. The van der Waals surface area contributed by atoms with Crippen molar-refractivity contribution in [1.29, 1.82) is 0 Å². The number of nitrogens with two attached hydrogens (primary N) is 2. The molecule has 6 heteroatoms. The van der Waals surface area contributed by atoms with Crippen LogP contribution >= 0.6 is 0 Å². The highest BCUT2D eigenvalue weighted by Crippen LogP contribution is 2.24. The number of benzene rings is 1. The molecule has 0 saturated carbocycles. The maximum absolute atomic E-state index is 10.7. The standard InChI is InChI=1S/C15H22N2O4/c1-2-3-11-8-12(20-6-4-14(16)18)10-13(9-11)21-7-5-15(17)19/h8-10H,2-7H2,1H3,(H2,16,18)(H2,17,19). The van der Waals surface area contributed by atoms with E-state index in [1.165, 1.54) is 0 Å². The van der Waals surface area contributed by atoms with Gasteiger partial charge in [0.1, 0.15) is 11.5 Å². The smallest absolute Gasteiger partial charge is 0.220 e. The van der Waals surface area contributed by atoms with Gasteiger partial charge in [0.25, 0.3) is 0 Å². The molecule has 0 heterocycles. The maximum Gasteiger partial charge on any atom is 0.220 e. The second kappa shape index (κ2) is 8.84. The lowest BCUT2D eigenvalue weighted by Crippen LogP contribution is -2.15. The van der Waals surface area contributed by atoms with Gasteiger partial charge in [0.15, 0.2) is 0 Å². The van der Waals surface area contributed by atoms with Crippen molar-refractivity contribution in [2.45, 2.75) is 32.6 Å². The largest absolute Gasteiger partial charge is 0.493 e. The highest BCUT2D eigenvalue weighted by molar-refractivity contribution is 5.74. The SMILES string of the molecule is CCCc1cc(OCCC(N)=O)cc(OCCC(N)=O)c1. The van der Waals surface area contributed by atoms with Crippen molar-refractivity contribution in [2.24, 2.45) is 11.5 Å². The van der Waals surface area contributed by atoms with Crippen molar-refractivity contribution in [3.8, 4) is 11.5 Å². The Bertz CT molecular complexity index is 450. The Morgan fingerprint density at radius 3 is 1.81 bits per heavy atom. The molecule has 21 heavy (non-hydrogen) atoms. The molecule has 116 valence electrons. The number of primary amides is 2. The summed E-state index contributed by atoms with van der Waals surface area (Å²) < 4.78 is 11.0. The summed E-state index contributed by atoms with van der Waals surface area (Å²) in [6.45, 7) is 2.53. The number of amides is 2. The highest BCUT2D eigenvalue weighted by Gasteiger charge is 2.05. The van der Waals surface area contributed by atoms with Crippen LogP contribution in [-0.2, 0) is 16.0 Å². The van der Waals surface area contributed by atoms with E-state index in [4.69, 9.17) is 20.9 Å². The average Bonchev–Trinajstić information content (AvgIpc) is 2.38. The van der Waals surface area contributed by atoms with Crippen LogP contribution in [-0.4, -0.2) is 25.0 Å². The predicted molar refractivity (Wildman–Crippen MR) is 79.0 cm³/mol. The second-order valence-corrected chi connectivity index (χ2v) is 4.69. The van der Waals surface area contributed by atoms with Crippen LogP contribution in [0.25, 0.3) is 0 Å². The molecule has 1 rings (SSSR count). The summed E-state index contributed by atoms with van der Waals surface area (Å²) in [6.07, 6.45) is 2.20. The average molecular weight is 294 g/mol. The lowest BCUT2D eigenvalue weighted by Gasteiger charge is -2.11. The zero-order chi connectivity index (χ0) is 15.7. The summed E-state index contributed by atoms with van der Waals surface area (Å²) >= 11 is 0. The Kier molecular flexibility index (Phi) is 7.08. The third-order valence-electron chi connectivity index (χ3n) is 2.71. The minimum absolute atomic E-state index is 0.163. The minimum Gasteiger partial charge on any atom is -0.493 e. The van der Waals surface area contributed by atoms with Crippen molar-refractivity contribution in [1.82, 2.24) is 0 Å². The van der Waals surface area contributed by atoms with E-state index < -0.39 is 11.8 Å². The molecule has 2 amide bonds. The van der Waals surface area contributed by atoms with E-state index in [-0.39, 0.29) is 26.1 Å². The van der Waals surface area contributed by atoms with Crippen LogP contribution in [0.2, 0.25) is 0 Å². The summed E-state index contributed by atoms with van der Waals surface area (Å²) in [7, 11) is 0. The number of rotatable bonds is 10. The Morgan fingerprint density at radius 2 is 1.43 bits per heavy atom. The molecule has 0 aliphatic heterocycles. The topological polar surface area (TPSA) is 105 Å². The maximum atomic E-state index is 10.7. The Labute approximate surface area is 124 Å². The number of hydrogen-bond acceptors (Lipinski definition) is 4. The summed E-state index contributed by atoms with van der Waals surface area (Å²) in [5, 5.41) is 0. The van der Waals surface area contributed by atoms with Gasteiger partial charge >= 0.3 is 0 Å². The summed E-state index contributed by atoms with van der Waals surface area (Å²) in [5.74, 6) is 0.433. The van der Waals surface area contributed by atoms with Gasteiger partial charge in [-0.15, -0.1) is 0 Å². The van der Waals surface area contributed by atoms with Crippen LogP contribution in [0.3, 0.4) is 0 Å². The van der Waals surface area contributed by atoms with Crippen molar-refractivity contribution >= 4 is 11.8 Å². The first-order valence-corrected chi connectivity index (χ1v) is 6.97. The Morgan fingerprint density at radius 1 is 0.952 bits per heavy atom. The number of carbonyl (C=O) groups is 2. The molecule has 0 fully saturated rings. The van der Waals surface area contributed by atoms with Crippen LogP contribution in [0, 0.1) is 0 Å². The fraction of sp³-hybridized carbons (Fsp3) is 0.467. The Balaban J connectivity index is 2.69. The van der Waals surface area contributed by atoms with Crippen molar-refractivity contribution < 1.29 is 19.1 Å². The number of carbonyl (C=O) groups excluding carboxylic acids is 2. The van der Waals surface area contributed by atoms with Gasteiger partial charge < -0.3 is 20.9 Å². The summed E-state index contributed by atoms with van der Waals surface area (Å²) in [5.41, 5.74) is 11.2. The third kappa shape index (κ3) is 7.20. The van der Waals surface area contributed by atoms with Crippen molar-refractivity contribution in [3.05, 3.63) is 23.8 Å². The Hall–Kier alpha value is -2.24. The van der Waals surface area contributed by atoms with Gasteiger partial charge in [-0.3, -0.25) is 9.59 Å². The van der Waals surface area contributed by atoms with Crippen LogP contribution in [0.15, 0.2) is 18.2 Å². The molecule has 0 saturated heterocycles. The molecule has 4 N–H and O–H groups in total. The van der Waals surface area contributed by atoms with Gasteiger partial charge in [0.2, 0.25) is 11.8 Å². The monoisotopic (exact) mass is 294 g/mol. The molecule has 0 aromatic heterocycles. The summed E-state index contributed by atoms with van der Waals surface area (Å²) in [6, 6.07) is 5.54. The van der Waals surface area contributed by atoms with Crippen molar-refractivity contribution in [2.75, 3.05) is 13.2 Å². The predicted octanol–water partition coefficient (Wildman–Crippen LogP) is 1.15. The minimum atomic E-state index is -0.405. The van der Waals surface area contributed by atoms with E-state index in [9.17, 15) is 9.59 Å². The lowest BCUT2D eigenvalue weighted by atomic mass is 10.1. The fourth-order valence-corrected chi connectivity index (χ4v) is 1.77. The van der Waals surface area contributed by atoms with Gasteiger partial charge in [0, 0.05) is 6.07 Å². The number of aryl methyl sites for hydroxylation is 1. The van der Waals surface area contributed by atoms with Gasteiger partial charge in [-0.25, -0.2) is 0 Å². The number of ether oxygens (including phenoxy) is 2. The first-order valence-electron chi connectivity index (χ1n) is 6.97. The van der Waals surface area contributed by atoms with Crippen LogP contribution < -0.4 is 20.9 Å². The van der Waals surface area contributed by atoms with Crippen LogP contribution in [0.5, 0.6) is 11.5 Å². The molecule has 0 radical (unpaired) electrons. The van der Waals surface area contributed by atoms with E-state index in [1.54, 1.807) is 6.07 Å². The molecule has 0 unspecified atom stereocenters. The van der Waals surface area contributed by atoms with Gasteiger partial charge in [0.05, 0.1) is 26.1 Å². The molecule has 6 nitrogen and oxygen atoms in total. The first-order chi connectivity index (χ1) is 10.0.